The summed E-state index contributed by atoms with van der Waals surface area (Å²) in [5.74, 6) is -0.905. The summed E-state index contributed by atoms with van der Waals surface area (Å²) in [5.41, 5.74) is 3.31. The number of hydrogen-bond acceptors (Lipinski definition) is 5. The highest BCUT2D eigenvalue weighted by Crippen LogP contribution is 2.21. The van der Waals surface area contributed by atoms with E-state index in [0.717, 1.165) is 22.0 Å². The van der Waals surface area contributed by atoms with Crippen molar-refractivity contribution in [2.24, 2.45) is 0 Å². The van der Waals surface area contributed by atoms with E-state index >= 15 is 0 Å². The molecular weight excluding hydrogens is 512 g/mol. The summed E-state index contributed by atoms with van der Waals surface area (Å²) in [6.07, 6.45) is 1.85. The fourth-order valence-electron chi connectivity index (χ4n) is 4.32. The van der Waals surface area contributed by atoms with Crippen molar-refractivity contribution < 1.29 is 22.7 Å². The molecular formula is C31H26N2O5S. The molecule has 0 fully saturated rings. The first-order valence-electron chi connectivity index (χ1n) is 12.4. The Balaban J connectivity index is 1.37. The van der Waals surface area contributed by atoms with Crippen LogP contribution >= 0.6 is 0 Å². The molecule has 8 heteroatoms. The number of hydrogen-bond donors (Lipinski definition) is 2. The molecule has 39 heavy (non-hydrogen) atoms. The van der Waals surface area contributed by atoms with E-state index < -0.39 is 22.0 Å². The van der Waals surface area contributed by atoms with Crippen LogP contribution in [0.5, 0.6) is 0 Å². The third-order valence-corrected chi connectivity index (χ3v) is 7.86. The lowest BCUT2D eigenvalue weighted by Crippen LogP contribution is -2.43. The number of para-hydroxylation sites is 1. The molecule has 4 aromatic carbocycles. The summed E-state index contributed by atoms with van der Waals surface area (Å²) in [6.45, 7) is 0.0160. The van der Waals surface area contributed by atoms with Gasteiger partial charge < -0.3 is 9.72 Å². The number of fused-ring (bicyclic) bond motifs is 1. The molecule has 0 aliphatic carbocycles. The summed E-state index contributed by atoms with van der Waals surface area (Å²) < 4.78 is 34.7. The number of esters is 1. The van der Waals surface area contributed by atoms with Crippen LogP contribution in [0.25, 0.3) is 10.9 Å². The molecule has 196 valence electrons. The molecule has 0 spiro atoms. The topological polar surface area (TPSA) is 105 Å². The standard InChI is InChI=1S/C31H26N2O5S/c34-30(23-11-5-2-6-12-23)24-15-17-26(18-16-24)39(36,37)33-29(31(35)38-21-22-9-3-1-4-10-22)19-25-20-32-28-14-8-7-13-27(25)28/h1-18,20,29,32-33H,19,21H2/t29-/m1/s1. The van der Waals surface area contributed by atoms with Crippen LogP contribution < -0.4 is 4.72 Å². The Kier molecular flexibility index (Phi) is 7.67. The second kappa shape index (κ2) is 11.5. The number of ketones is 1. The van der Waals surface area contributed by atoms with Crippen LogP contribution in [0, 0.1) is 0 Å². The van der Waals surface area contributed by atoms with Gasteiger partial charge in [0.25, 0.3) is 0 Å². The zero-order chi connectivity index (χ0) is 27.2. The zero-order valence-corrected chi connectivity index (χ0v) is 21.7. The molecule has 1 atom stereocenters. The molecule has 0 radical (unpaired) electrons. The molecule has 7 nitrogen and oxygen atoms in total. The van der Waals surface area contributed by atoms with E-state index in [4.69, 9.17) is 4.74 Å². The van der Waals surface area contributed by atoms with Gasteiger partial charge in [-0.25, -0.2) is 8.42 Å². The van der Waals surface area contributed by atoms with E-state index in [1.807, 2.05) is 60.7 Å². The van der Waals surface area contributed by atoms with Crippen LogP contribution in [-0.2, 0) is 32.6 Å². The van der Waals surface area contributed by atoms with Crippen molar-refractivity contribution in [1.29, 1.82) is 0 Å². The molecule has 0 saturated carbocycles. The van der Waals surface area contributed by atoms with Gasteiger partial charge in [-0.3, -0.25) is 9.59 Å². The molecule has 5 aromatic rings. The van der Waals surface area contributed by atoms with Gasteiger partial charge in [-0.1, -0.05) is 78.9 Å². The molecule has 0 saturated heterocycles. The number of ether oxygens (including phenoxy) is 1. The average Bonchev–Trinajstić information content (AvgIpc) is 3.39. The monoisotopic (exact) mass is 538 g/mol. The number of benzene rings is 4. The Hall–Kier alpha value is -4.53. The van der Waals surface area contributed by atoms with Crippen LogP contribution in [0.3, 0.4) is 0 Å². The van der Waals surface area contributed by atoms with Crippen molar-refractivity contribution in [1.82, 2.24) is 9.71 Å². The number of carbonyl (C=O) groups excluding carboxylic acids is 2. The number of rotatable bonds is 10. The van der Waals surface area contributed by atoms with Crippen LogP contribution in [0.1, 0.15) is 27.0 Å². The Bertz CT molecular complexity index is 1700. The molecule has 0 bridgehead atoms. The van der Waals surface area contributed by atoms with E-state index in [0.29, 0.717) is 11.1 Å². The zero-order valence-electron chi connectivity index (χ0n) is 20.9. The maximum Gasteiger partial charge on any atom is 0.324 e. The fourth-order valence-corrected chi connectivity index (χ4v) is 5.50. The first-order chi connectivity index (χ1) is 18.9. The smallest absolute Gasteiger partial charge is 0.324 e. The highest BCUT2D eigenvalue weighted by molar-refractivity contribution is 7.89. The minimum atomic E-state index is -4.12. The van der Waals surface area contributed by atoms with Gasteiger partial charge in [-0.2, -0.15) is 4.72 Å². The molecule has 0 amide bonds. The predicted molar refractivity (Wildman–Crippen MR) is 149 cm³/mol. The molecule has 0 unspecified atom stereocenters. The lowest BCUT2D eigenvalue weighted by molar-refractivity contribution is -0.147. The highest BCUT2D eigenvalue weighted by Gasteiger charge is 2.28. The first kappa shape index (κ1) is 26.1. The van der Waals surface area contributed by atoms with Crippen molar-refractivity contribution in [2.45, 2.75) is 24.0 Å². The Morgan fingerprint density at radius 1 is 0.769 bits per heavy atom. The van der Waals surface area contributed by atoms with Gasteiger partial charge in [0.1, 0.15) is 12.6 Å². The predicted octanol–water partition coefficient (Wildman–Crippen LogP) is 5.03. The van der Waals surface area contributed by atoms with Gasteiger partial charge in [0.05, 0.1) is 4.90 Å². The fraction of sp³-hybridized carbons (Fsp3) is 0.0968. The maximum atomic E-state index is 13.4. The van der Waals surface area contributed by atoms with Gasteiger partial charge in [0.2, 0.25) is 10.0 Å². The lowest BCUT2D eigenvalue weighted by Gasteiger charge is -2.18. The number of sulfonamides is 1. The van der Waals surface area contributed by atoms with Crippen molar-refractivity contribution in [3.8, 4) is 0 Å². The van der Waals surface area contributed by atoms with Crippen molar-refractivity contribution in [3.05, 3.63) is 138 Å². The van der Waals surface area contributed by atoms with E-state index in [1.54, 1.807) is 30.5 Å². The van der Waals surface area contributed by atoms with Crippen molar-refractivity contribution in [2.75, 3.05) is 0 Å². The van der Waals surface area contributed by atoms with Crippen molar-refractivity contribution >= 4 is 32.7 Å². The Labute approximate surface area is 226 Å². The molecule has 1 aromatic heterocycles. The maximum absolute atomic E-state index is 13.4. The molecule has 0 aliphatic rings. The third kappa shape index (κ3) is 6.14. The van der Waals surface area contributed by atoms with Crippen molar-refractivity contribution in [3.63, 3.8) is 0 Å². The second-order valence-corrected chi connectivity index (χ2v) is 10.8. The van der Waals surface area contributed by atoms with Crippen LogP contribution in [0.2, 0.25) is 0 Å². The molecule has 2 N–H and O–H groups in total. The SMILES string of the molecule is O=C(c1ccccc1)c1ccc(S(=O)(=O)N[C@H](Cc2c[nH]c3ccccc23)C(=O)OCc2ccccc2)cc1. The van der Waals surface area contributed by atoms with Gasteiger partial charge >= 0.3 is 5.97 Å². The largest absolute Gasteiger partial charge is 0.460 e. The quantitative estimate of drug-likeness (QED) is 0.192. The van der Waals surface area contributed by atoms with Gasteiger partial charge in [-0.15, -0.1) is 0 Å². The first-order valence-corrected chi connectivity index (χ1v) is 13.9. The molecule has 1 heterocycles. The van der Waals surface area contributed by atoms with Crippen LogP contribution in [0.15, 0.2) is 120 Å². The number of nitrogens with one attached hydrogen (secondary N) is 2. The summed E-state index contributed by atoms with van der Waals surface area (Å²) in [7, 11) is -4.12. The van der Waals surface area contributed by atoms with Gasteiger partial charge in [-0.05, 0) is 41.5 Å². The average molecular weight is 539 g/mol. The summed E-state index contributed by atoms with van der Waals surface area (Å²) >= 11 is 0. The van der Waals surface area contributed by atoms with E-state index in [-0.39, 0.29) is 23.7 Å². The summed E-state index contributed by atoms with van der Waals surface area (Å²) in [4.78, 5) is 29.0. The van der Waals surface area contributed by atoms with E-state index in [9.17, 15) is 18.0 Å². The summed E-state index contributed by atoms with van der Waals surface area (Å²) in [5, 5.41) is 0.890. The second-order valence-electron chi connectivity index (χ2n) is 9.05. The lowest BCUT2D eigenvalue weighted by atomic mass is 10.0. The van der Waals surface area contributed by atoms with Gasteiger partial charge in [0.15, 0.2) is 5.78 Å². The van der Waals surface area contributed by atoms with Crippen LogP contribution in [-0.4, -0.2) is 31.2 Å². The normalized spacial score (nSPS) is 12.2. The number of aromatic nitrogens is 1. The minimum Gasteiger partial charge on any atom is -0.460 e. The minimum absolute atomic E-state index is 0.0160. The van der Waals surface area contributed by atoms with E-state index in [2.05, 4.69) is 9.71 Å². The Morgan fingerprint density at radius 2 is 1.38 bits per heavy atom. The summed E-state index contributed by atoms with van der Waals surface area (Å²) in [6, 6.07) is 30.0. The number of carbonyl (C=O) groups is 2. The number of H-pyrrole nitrogens is 1. The Morgan fingerprint density at radius 3 is 2.10 bits per heavy atom. The highest BCUT2D eigenvalue weighted by atomic mass is 32.2. The van der Waals surface area contributed by atoms with E-state index in [1.165, 1.54) is 24.3 Å². The molecule has 0 aliphatic heterocycles. The third-order valence-electron chi connectivity index (χ3n) is 6.37. The number of aromatic amines is 1. The van der Waals surface area contributed by atoms with Crippen LogP contribution in [0.4, 0.5) is 0 Å². The molecule has 5 rings (SSSR count). The van der Waals surface area contributed by atoms with Gasteiger partial charge in [0, 0.05) is 34.6 Å².